The maximum absolute atomic E-state index is 13.9. The summed E-state index contributed by atoms with van der Waals surface area (Å²) in [6.07, 6.45) is 0. The van der Waals surface area contributed by atoms with Gasteiger partial charge in [-0.15, -0.1) is 0 Å². The molecule has 2 aromatic carbocycles. The van der Waals surface area contributed by atoms with E-state index in [1.54, 1.807) is 36.2 Å². The standard InChI is InChI=1S/C21H22F3N3/c1-13-18(14-8-10-15(11-9-14)21(3,23)24)20(2,26-19(25)27(13)4)16-6-5-7-17(22)12-16/h5-12,18H,1H2,2-4H3,(H2,25,26)/t18-,20+/m0/s1. The van der Waals surface area contributed by atoms with Crippen LogP contribution in [0.4, 0.5) is 13.2 Å². The average Bonchev–Trinajstić information content (AvgIpc) is 2.59. The predicted molar refractivity (Wildman–Crippen MR) is 100 cm³/mol. The quantitative estimate of drug-likeness (QED) is 0.802. The minimum Gasteiger partial charge on any atom is -0.346 e. The van der Waals surface area contributed by atoms with Crippen molar-refractivity contribution >= 4 is 5.96 Å². The molecule has 0 aliphatic carbocycles. The van der Waals surface area contributed by atoms with E-state index in [9.17, 15) is 13.2 Å². The molecule has 27 heavy (non-hydrogen) atoms. The molecule has 0 amide bonds. The number of halogens is 3. The van der Waals surface area contributed by atoms with Crippen LogP contribution in [0.25, 0.3) is 0 Å². The fourth-order valence-electron chi connectivity index (χ4n) is 3.62. The summed E-state index contributed by atoms with van der Waals surface area (Å²) in [6.45, 7) is 6.84. The fraction of sp³-hybridized carbons (Fsp3) is 0.286. The monoisotopic (exact) mass is 373 g/mol. The molecular formula is C21H22F3N3. The highest BCUT2D eigenvalue weighted by Gasteiger charge is 2.45. The minimum absolute atomic E-state index is 0.0748. The number of likely N-dealkylation sites (N-methyl/N-ethyl adjacent to an activating group) is 1. The molecule has 2 atom stereocenters. The molecule has 0 saturated carbocycles. The van der Waals surface area contributed by atoms with E-state index >= 15 is 0 Å². The minimum atomic E-state index is -2.93. The van der Waals surface area contributed by atoms with Gasteiger partial charge < -0.3 is 10.2 Å². The maximum atomic E-state index is 13.9. The highest BCUT2D eigenvalue weighted by atomic mass is 19.3. The van der Waals surface area contributed by atoms with Crippen LogP contribution in [0.2, 0.25) is 0 Å². The van der Waals surface area contributed by atoms with Crippen molar-refractivity contribution in [2.75, 3.05) is 7.05 Å². The molecule has 2 N–H and O–H groups in total. The lowest BCUT2D eigenvalue weighted by Crippen LogP contribution is -2.58. The number of benzene rings is 2. The topological polar surface area (TPSA) is 39.1 Å². The van der Waals surface area contributed by atoms with Crippen LogP contribution in [0.15, 0.2) is 60.8 Å². The first-order valence-corrected chi connectivity index (χ1v) is 8.57. The van der Waals surface area contributed by atoms with E-state index in [0.717, 1.165) is 12.5 Å². The summed E-state index contributed by atoms with van der Waals surface area (Å²) in [4.78, 5) is 1.61. The number of rotatable bonds is 3. The van der Waals surface area contributed by atoms with Gasteiger partial charge in [-0.3, -0.25) is 5.41 Å². The van der Waals surface area contributed by atoms with Crippen LogP contribution in [-0.2, 0) is 11.5 Å². The van der Waals surface area contributed by atoms with Gasteiger partial charge >= 0.3 is 0 Å². The normalized spacial score (nSPS) is 23.3. The molecule has 0 aromatic heterocycles. The molecule has 3 rings (SSSR count). The first kappa shape index (κ1) is 19.0. The zero-order valence-corrected chi connectivity index (χ0v) is 15.5. The van der Waals surface area contributed by atoms with Crippen molar-refractivity contribution in [1.29, 1.82) is 5.41 Å². The van der Waals surface area contributed by atoms with Crippen molar-refractivity contribution in [2.45, 2.75) is 31.2 Å². The summed E-state index contributed by atoms with van der Waals surface area (Å²) in [5.41, 5.74) is 1.10. The number of hydrogen-bond acceptors (Lipinski definition) is 1. The van der Waals surface area contributed by atoms with Crippen LogP contribution in [0, 0.1) is 11.2 Å². The van der Waals surface area contributed by atoms with Crippen molar-refractivity contribution in [3.63, 3.8) is 0 Å². The molecular weight excluding hydrogens is 351 g/mol. The Labute approximate surface area is 157 Å². The van der Waals surface area contributed by atoms with Gasteiger partial charge in [0.15, 0.2) is 5.96 Å². The lowest BCUT2D eigenvalue weighted by molar-refractivity contribution is 0.0174. The Balaban J connectivity index is 2.13. The van der Waals surface area contributed by atoms with Gasteiger partial charge in [-0.2, -0.15) is 0 Å². The summed E-state index contributed by atoms with van der Waals surface area (Å²) < 4.78 is 41.0. The van der Waals surface area contributed by atoms with Crippen LogP contribution in [0.5, 0.6) is 0 Å². The summed E-state index contributed by atoms with van der Waals surface area (Å²) >= 11 is 0. The Hall–Kier alpha value is -2.76. The second kappa shape index (κ2) is 6.44. The molecule has 0 radical (unpaired) electrons. The highest BCUT2D eigenvalue weighted by molar-refractivity contribution is 5.81. The van der Waals surface area contributed by atoms with Crippen molar-refractivity contribution in [3.8, 4) is 0 Å². The van der Waals surface area contributed by atoms with Crippen molar-refractivity contribution < 1.29 is 13.2 Å². The number of nitrogens with one attached hydrogen (secondary N) is 2. The summed E-state index contributed by atoms with van der Waals surface area (Å²) in [5, 5.41) is 11.4. The van der Waals surface area contributed by atoms with E-state index in [4.69, 9.17) is 5.41 Å². The van der Waals surface area contributed by atoms with Gasteiger partial charge in [-0.1, -0.05) is 43.0 Å². The molecule has 1 saturated heterocycles. The van der Waals surface area contributed by atoms with Gasteiger partial charge in [-0.25, -0.2) is 13.2 Å². The summed E-state index contributed by atoms with van der Waals surface area (Å²) in [6, 6.07) is 12.2. The first-order chi connectivity index (χ1) is 12.5. The largest absolute Gasteiger partial charge is 0.346 e. The van der Waals surface area contributed by atoms with E-state index < -0.39 is 11.5 Å². The Morgan fingerprint density at radius 2 is 1.81 bits per heavy atom. The fourth-order valence-corrected chi connectivity index (χ4v) is 3.62. The Bertz CT molecular complexity index is 886. The third-order valence-corrected chi connectivity index (χ3v) is 5.23. The smallest absolute Gasteiger partial charge is 0.270 e. The lowest BCUT2D eigenvalue weighted by Gasteiger charge is -2.48. The second-order valence-corrected chi connectivity index (χ2v) is 7.18. The van der Waals surface area contributed by atoms with Crippen LogP contribution in [-0.4, -0.2) is 17.9 Å². The van der Waals surface area contributed by atoms with Gasteiger partial charge in [0.25, 0.3) is 5.92 Å². The molecule has 1 aliphatic rings. The molecule has 3 nitrogen and oxygen atoms in total. The van der Waals surface area contributed by atoms with Crippen LogP contribution >= 0.6 is 0 Å². The number of alkyl halides is 2. The van der Waals surface area contributed by atoms with Crippen molar-refractivity contribution in [3.05, 3.63) is 83.3 Å². The van der Waals surface area contributed by atoms with Crippen molar-refractivity contribution in [2.24, 2.45) is 0 Å². The first-order valence-electron chi connectivity index (χ1n) is 8.57. The van der Waals surface area contributed by atoms with Crippen LogP contribution < -0.4 is 5.32 Å². The van der Waals surface area contributed by atoms with E-state index in [1.165, 1.54) is 24.3 Å². The van der Waals surface area contributed by atoms with Gasteiger partial charge in [0.1, 0.15) is 5.82 Å². The molecule has 1 fully saturated rings. The molecule has 1 heterocycles. The molecule has 0 bridgehead atoms. The van der Waals surface area contributed by atoms with Gasteiger partial charge in [0.05, 0.1) is 11.5 Å². The van der Waals surface area contributed by atoms with Gasteiger partial charge in [0, 0.05) is 25.2 Å². The summed E-state index contributed by atoms with van der Waals surface area (Å²) in [7, 11) is 1.71. The van der Waals surface area contributed by atoms with E-state index in [1.807, 2.05) is 6.92 Å². The maximum Gasteiger partial charge on any atom is 0.270 e. The van der Waals surface area contributed by atoms with Gasteiger partial charge in [-0.05, 0) is 30.2 Å². The van der Waals surface area contributed by atoms with E-state index in [2.05, 4.69) is 11.9 Å². The summed E-state index contributed by atoms with van der Waals surface area (Å²) in [5.74, 6) is -3.55. The zero-order chi connectivity index (χ0) is 20.0. The molecule has 6 heteroatoms. The van der Waals surface area contributed by atoms with Crippen LogP contribution in [0.3, 0.4) is 0 Å². The molecule has 2 aromatic rings. The number of hydrogen-bond donors (Lipinski definition) is 2. The van der Waals surface area contributed by atoms with E-state index in [0.29, 0.717) is 11.3 Å². The molecule has 0 unspecified atom stereocenters. The SMILES string of the molecule is C=C1[C@@H](c2ccc(C(C)(F)F)cc2)[C@@](C)(c2cccc(F)c2)NC(=N)N1C. The number of guanidine groups is 1. The Morgan fingerprint density at radius 3 is 2.37 bits per heavy atom. The zero-order valence-electron chi connectivity index (χ0n) is 15.5. The predicted octanol–water partition coefficient (Wildman–Crippen LogP) is 4.92. The average molecular weight is 373 g/mol. The lowest BCUT2D eigenvalue weighted by atomic mass is 9.72. The van der Waals surface area contributed by atoms with Crippen LogP contribution in [0.1, 0.15) is 36.5 Å². The van der Waals surface area contributed by atoms with Gasteiger partial charge in [0.2, 0.25) is 0 Å². The van der Waals surface area contributed by atoms with Crippen molar-refractivity contribution in [1.82, 2.24) is 10.2 Å². The number of nitrogens with zero attached hydrogens (tertiary/aromatic N) is 1. The molecule has 0 spiro atoms. The third-order valence-electron chi connectivity index (χ3n) is 5.23. The molecule has 142 valence electrons. The Morgan fingerprint density at radius 1 is 1.19 bits per heavy atom. The third kappa shape index (κ3) is 3.31. The highest BCUT2D eigenvalue weighted by Crippen LogP contribution is 2.45. The van der Waals surface area contributed by atoms with E-state index in [-0.39, 0.29) is 23.3 Å². The molecule has 1 aliphatic heterocycles. The Kier molecular flexibility index (Phi) is 4.54. The second-order valence-electron chi connectivity index (χ2n) is 7.18.